The molecule has 0 radical (unpaired) electrons. The van der Waals surface area contributed by atoms with Crippen LogP contribution in [0.25, 0.3) is 10.2 Å². The minimum Gasteiger partial charge on any atom is -0.305 e. The van der Waals surface area contributed by atoms with Gasteiger partial charge in [-0.15, -0.1) is 6.42 Å². The molecular formula is C21H19BrN2O3S2. The summed E-state index contributed by atoms with van der Waals surface area (Å²) in [5.74, 6) is 2.16. The number of terminal acetylenes is 1. The quantitative estimate of drug-likeness (QED) is 0.471. The van der Waals surface area contributed by atoms with Crippen LogP contribution in [0.5, 0.6) is 0 Å². The van der Waals surface area contributed by atoms with E-state index in [2.05, 4.69) is 26.8 Å². The van der Waals surface area contributed by atoms with E-state index in [9.17, 15) is 13.2 Å². The number of halogens is 1. The van der Waals surface area contributed by atoms with Gasteiger partial charge >= 0.3 is 0 Å². The summed E-state index contributed by atoms with van der Waals surface area (Å²) >= 11 is 4.81. The van der Waals surface area contributed by atoms with E-state index in [4.69, 9.17) is 6.42 Å². The van der Waals surface area contributed by atoms with Crippen molar-refractivity contribution in [2.75, 3.05) is 5.75 Å². The van der Waals surface area contributed by atoms with Crippen molar-refractivity contribution in [1.82, 2.24) is 4.57 Å². The first kappa shape index (κ1) is 21.5. The lowest BCUT2D eigenvalue weighted by molar-refractivity contribution is -0.118. The summed E-state index contributed by atoms with van der Waals surface area (Å²) in [6.07, 6.45) is 5.77. The molecule has 1 aromatic heterocycles. The number of carbonyl (C=O) groups excluding carboxylic acids is 1. The number of amides is 1. The summed E-state index contributed by atoms with van der Waals surface area (Å²) in [5, 5.41) is 0. The monoisotopic (exact) mass is 490 g/mol. The zero-order chi connectivity index (χ0) is 20.9. The number of benzene rings is 2. The fourth-order valence-electron chi connectivity index (χ4n) is 2.88. The Morgan fingerprint density at radius 1 is 1.21 bits per heavy atom. The highest BCUT2D eigenvalue weighted by atomic mass is 79.9. The first-order valence-corrected chi connectivity index (χ1v) is 12.4. The SMILES string of the molecule is C#CCn1c(=NC(=O)CCCS(=O)(=O)Cc2ccccc2)sc2cc(Br)ccc21. The number of aromatic nitrogens is 1. The molecule has 0 fully saturated rings. The predicted octanol–water partition coefficient (Wildman–Crippen LogP) is 3.92. The van der Waals surface area contributed by atoms with Crippen LogP contribution in [0.3, 0.4) is 0 Å². The number of fused-ring (bicyclic) bond motifs is 1. The average molecular weight is 491 g/mol. The number of thiazole rings is 1. The summed E-state index contributed by atoms with van der Waals surface area (Å²) in [7, 11) is -3.27. The van der Waals surface area contributed by atoms with Gasteiger partial charge in [-0.05, 0) is 30.2 Å². The molecule has 3 rings (SSSR count). The van der Waals surface area contributed by atoms with Crippen LogP contribution in [-0.4, -0.2) is 24.6 Å². The van der Waals surface area contributed by atoms with Crippen molar-refractivity contribution in [3.8, 4) is 12.3 Å². The highest BCUT2D eigenvalue weighted by molar-refractivity contribution is 9.10. The maximum Gasteiger partial charge on any atom is 0.248 e. The van der Waals surface area contributed by atoms with E-state index >= 15 is 0 Å². The van der Waals surface area contributed by atoms with Crippen LogP contribution in [-0.2, 0) is 26.9 Å². The second-order valence-electron chi connectivity index (χ2n) is 6.47. The molecule has 0 N–H and O–H groups in total. The van der Waals surface area contributed by atoms with Gasteiger partial charge in [-0.3, -0.25) is 4.79 Å². The van der Waals surface area contributed by atoms with Gasteiger partial charge < -0.3 is 4.57 Å². The van der Waals surface area contributed by atoms with Gasteiger partial charge in [0, 0.05) is 10.9 Å². The Labute approximate surface area is 182 Å². The first-order chi connectivity index (χ1) is 13.9. The molecule has 0 saturated heterocycles. The third-order valence-corrected chi connectivity index (χ3v) is 7.41. The van der Waals surface area contributed by atoms with Crippen molar-refractivity contribution in [2.24, 2.45) is 4.99 Å². The number of hydrogen-bond acceptors (Lipinski definition) is 4. The summed E-state index contributed by atoms with van der Waals surface area (Å²) in [6.45, 7) is 0.305. The molecule has 2 aromatic carbocycles. The fraction of sp³-hybridized carbons (Fsp3) is 0.238. The maximum atomic E-state index is 12.3. The molecule has 5 nitrogen and oxygen atoms in total. The lowest BCUT2D eigenvalue weighted by Crippen LogP contribution is -2.17. The molecule has 150 valence electrons. The van der Waals surface area contributed by atoms with Gasteiger partial charge in [0.15, 0.2) is 14.6 Å². The van der Waals surface area contributed by atoms with E-state index in [1.807, 2.05) is 41.0 Å². The zero-order valence-electron chi connectivity index (χ0n) is 15.5. The Hall–Kier alpha value is -2.21. The van der Waals surface area contributed by atoms with Crippen molar-refractivity contribution in [3.05, 3.63) is 63.4 Å². The molecule has 0 aliphatic carbocycles. The van der Waals surface area contributed by atoms with Gasteiger partial charge in [0.1, 0.15) is 0 Å². The lowest BCUT2D eigenvalue weighted by Gasteiger charge is -2.03. The molecule has 0 aliphatic heterocycles. The fourth-order valence-corrected chi connectivity index (χ4v) is 5.91. The Bertz CT molecular complexity index is 1240. The van der Waals surface area contributed by atoms with Crippen molar-refractivity contribution >= 4 is 53.2 Å². The highest BCUT2D eigenvalue weighted by Gasteiger charge is 2.13. The van der Waals surface area contributed by atoms with Crippen molar-refractivity contribution < 1.29 is 13.2 Å². The van der Waals surface area contributed by atoms with E-state index in [1.54, 1.807) is 12.1 Å². The van der Waals surface area contributed by atoms with Gasteiger partial charge in [0.25, 0.3) is 0 Å². The zero-order valence-corrected chi connectivity index (χ0v) is 18.8. The van der Waals surface area contributed by atoms with Crippen LogP contribution in [0.15, 0.2) is 58.0 Å². The molecule has 3 aromatic rings. The van der Waals surface area contributed by atoms with Gasteiger partial charge in [0.2, 0.25) is 5.91 Å². The van der Waals surface area contributed by atoms with Crippen LogP contribution in [0.1, 0.15) is 18.4 Å². The molecular weight excluding hydrogens is 472 g/mol. The smallest absolute Gasteiger partial charge is 0.248 e. The molecule has 29 heavy (non-hydrogen) atoms. The van der Waals surface area contributed by atoms with Crippen LogP contribution >= 0.6 is 27.3 Å². The first-order valence-electron chi connectivity index (χ1n) is 8.92. The highest BCUT2D eigenvalue weighted by Crippen LogP contribution is 2.22. The summed E-state index contributed by atoms with van der Waals surface area (Å²) in [4.78, 5) is 17.0. The molecule has 0 saturated carbocycles. The van der Waals surface area contributed by atoms with Crippen LogP contribution in [0.2, 0.25) is 0 Å². The largest absolute Gasteiger partial charge is 0.305 e. The number of sulfone groups is 1. The molecule has 0 unspecified atom stereocenters. The Kier molecular flexibility index (Phi) is 7.06. The Balaban J connectivity index is 1.69. The molecule has 1 amide bonds. The van der Waals surface area contributed by atoms with E-state index in [-0.39, 0.29) is 30.3 Å². The lowest BCUT2D eigenvalue weighted by atomic mass is 10.2. The molecule has 0 bridgehead atoms. The number of carbonyl (C=O) groups is 1. The van der Waals surface area contributed by atoms with E-state index in [0.717, 1.165) is 20.3 Å². The van der Waals surface area contributed by atoms with Gasteiger partial charge in [0.05, 0.1) is 28.3 Å². The Morgan fingerprint density at radius 2 is 1.97 bits per heavy atom. The molecule has 0 atom stereocenters. The molecule has 8 heteroatoms. The van der Waals surface area contributed by atoms with E-state index < -0.39 is 9.84 Å². The number of nitrogens with zero attached hydrogens (tertiary/aromatic N) is 2. The molecule has 0 aliphatic rings. The van der Waals surface area contributed by atoms with Crippen molar-refractivity contribution in [2.45, 2.75) is 25.1 Å². The standard InChI is InChI=1S/C21H19BrN2O3S2/c1-2-12-24-18-11-10-17(22)14-19(18)28-21(24)23-20(25)9-6-13-29(26,27)15-16-7-4-3-5-8-16/h1,3-5,7-8,10-11,14H,6,9,12-13,15H2. The van der Waals surface area contributed by atoms with E-state index in [0.29, 0.717) is 11.3 Å². The van der Waals surface area contributed by atoms with Gasteiger partial charge in [-0.1, -0.05) is 63.5 Å². The van der Waals surface area contributed by atoms with Crippen LogP contribution in [0.4, 0.5) is 0 Å². The number of rotatable bonds is 7. The van der Waals surface area contributed by atoms with Crippen molar-refractivity contribution in [1.29, 1.82) is 0 Å². The summed E-state index contributed by atoms with van der Waals surface area (Å²) < 4.78 is 28.2. The second kappa shape index (κ2) is 9.53. The minimum atomic E-state index is -3.27. The van der Waals surface area contributed by atoms with Crippen LogP contribution < -0.4 is 4.80 Å². The summed E-state index contributed by atoms with van der Waals surface area (Å²) in [6, 6.07) is 14.8. The van der Waals surface area contributed by atoms with Crippen LogP contribution in [0, 0.1) is 12.3 Å². The average Bonchev–Trinajstić information content (AvgIpc) is 2.98. The predicted molar refractivity (Wildman–Crippen MR) is 120 cm³/mol. The maximum absolute atomic E-state index is 12.3. The normalized spacial score (nSPS) is 12.2. The van der Waals surface area contributed by atoms with Gasteiger partial charge in [-0.25, -0.2) is 8.42 Å². The summed E-state index contributed by atoms with van der Waals surface area (Å²) in [5.41, 5.74) is 1.66. The van der Waals surface area contributed by atoms with E-state index in [1.165, 1.54) is 11.3 Å². The molecule has 1 heterocycles. The molecule has 0 spiro atoms. The van der Waals surface area contributed by atoms with Gasteiger partial charge in [-0.2, -0.15) is 4.99 Å². The topological polar surface area (TPSA) is 68.5 Å². The number of hydrogen-bond donors (Lipinski definition) is 0. The third kappa shape index (κ3) is 5.89. The Morgan fingerprint density at radius 3 is 2.69 bits per heavy atom. The third-order valence-electron chi connectivity index (χ3n) is 4.19. The second-order valence-corrected chi connectivity index (χ2v) is 10.6. The van der Waals surface area contributed by atoms with Crippen molar-refractivity contribution in [3.63, 3.8) is 0 Å². The minimum absolute atomic E-state index is 0.0213.